The van der Waals surface area contributed by atoms with Crippen LogP contribution in [0.1, 0.15) is 20.3 Å². The average Bonchev–Trinajstić information content (AvgIpc) is 2.03. The zero-order valence-corrected chi connectivity index (χ0v) is 7.89. The second-order valence-corrected chi connectivity index (χ2v) is 2.73. The molecule has 0 aliphatic heterocycles. The normalized spacial score (nSPS) is 10.0. The van der Waals surface area contributed by atoms with Crippen molar-refractivity contribution in [1.82, 2.24) is 0 Å². The lowest BCUT2D eigenvalue weighted by Gasteiger charge is -1.97. The fraction of sp³-hybridized carbons (Fsp3) is 0.400. The first kappa shape index (κ1) is 11.0. The number of carbonyl (C=O) groups excluding carboxylic acids is 1. The zero-order valence-electron chi connectivity index (χ0n) is 7.89. The van der Waals surface area contributed by atoms with Crippen LogP contribution in [0.25, 0.3) is 0 Å². The second kappa shape index (κ2) is 5.58. The Balaban J connectivity index is 3.92. The number of hydrogen-bond donors (Lipinski definition) is 0. The van der Waals surface area contributed by atoms with E-state index in [-0.39, 0.29) is 5.97 Å². The third kappa shape index (κ3) is 4.72. The minimum absolute atomic E-state index is 0.323. The van der Waals surface area contributed by atoms with Gasteiger partial charge in [-0.2, -0.15) is 0 Å². The molecule has 0 aromatic rings. The molecule has 0 unspecified atom stereocenters. The Morgan fingerprint density at radius 1 is 1.50 bits per heavy atom. The molecule has 0 spiro atoms. The highest BCUT2D eigenvalue weighted by Gasteiger charge is 1.91. The zero-order chi connectivity index (χ0) is 9.56. The van der Waals surface area contributed by atoms with Gasteiger partial charge in [0.1, 0.15) is 0 Å². The molecule has 12 heavy (non-hydrogen) atoms. The number of esters is 1. The standard InChI is InChI=1S/C10H15O2/c1-8(2)9(3)6-5-7-10(11)12-4/h5,7H,3,6H2,1-2,4H3/b7-5+. The molecule has 0 aliphatic carbocycles. The summed E-state index contributed by atoms with van der Waals surface area (Å²) in [6.07, 6.45) is 3.87. The summed E-state index contributed by atoms with van der Waals surface area (Å²) in [5.74, 6) is -0.323. The molecule has 1 radical (unpaired) electrons. The van der Waals surface area contributed by atoms with Crippen molar-refractivity contribution in [3.63, 3.8) is 0 Å². The topological polar surface area (TPSA) is 26.3 Å². The van der Waals surface area contributed by atoms with Gasteiger partial charge >= 0.3 is 5.97 Å². The van der Waals surface area contributed by atoms with Crippen molar-refractivity contribution in [2.24, 2.45) is 0 Å². The van der Waals surface area contributed by atoms with Crippen LogP contribution in [0.2, 0.25) is 0 Å². The third-order valence-electron chi connectivity index (χ3n) is 1.53. The molecule has 0 aromatic carbocycles. The maximum absolute atomic E-state index is 10.6. The first-order valence-corrected chi connectivity index (χ1v) is 3.80. The molecule has 0 aliphatic rings. The van der Waals surface area contributed by atoms with Crippen molar-refractivity contribution in [3.05, 3.63) is 30.2 Å². The van der Waals surface area contributed by atoms with Gasteiger partial charge in [-0.3, -0.25) is 0 Å². The fourth-order valence-electron chi connectivity index (χ4n) is 0.570. The molecule has 0 bridgehead atoms. The Labute approximate surface area is 73.9 Å². The Hall–Kier alpha value is -1.05. The van der Waals surface area contributed by atoms with Crippen LogP contribution >= 0.6 is 0 Å². The molecule has 0 rings (SSSR count). The van der Waals surface area contributed by atoms with Crippen molar-refractivity contribution in [1.29, 1.82) is 0 Å². The molecule has 0 amide bonds. The van der Waals surface area contributed by atoms with Crippen molar-refractivity contribution in [2.45, 2.75) is 20.3 Å². The molecule has 0 saturated carbocycles. The van der Waals surface area contributed by atoms with Gasteiger partial charge in [-0.25, -0.2) is 4.79 Å². The number of rotatable bonds is 3. The van der Waals surface area contributed by atoms with E-state index < -0.39 is 0 Å². The summed E-state index contributed by atoms with van der Waals surface area (Å²) in [6, 6.07) is 0. The van der Waals surface area contributed by atoms with Crippen LogP contribution in [-0.4, -0.2) is 13.1 Å². The number of allylic oxidation sites excluding steroid dienone is 3. The van der Waals surface area contributed by atoms with E-state index in [1.54, 1.807) is 6.08 Å². The predicted octanol–water partition coefficient (Wildman–Crippen LogP) is 2.28. The minimum Gasteiger partial charge on any atom is -0.466 e. The highest BCUT2D eigenvalue weighted by Crippen LogP contribution is 2.06. The van der Waals surface area contributed by atoms with Crippen molar-refractivity contribution >= 4 is 5.97 Å². The predicted molar refractivity (Wildman–Crippen MR) is 49.5 cm³/mol. The Morgan fingerprint density at radius 3 is 2.50 bits per heavy atom. The smallest absolute Gasteiger partial charge is 0.330 e. The monoisotopic (exact) mass is 167 g/mol. The summed E-state index contributed by atoms with van der Waals surface area (Å²) in [4.78, 5) is 10.6. The Morgan fingerprint density at radius 2 is 2.08 bits per heavy atom. The van der Waals surface area contributed by atoms with Crippen molar-refractivity contribution in [3.8, 4) is 0 Å². The van der Waals surface area contributed by atoms with Crippen LogP contribution in [-0.2, 0) is 9.53 Å². The summed E-state index contributed by atoms with van der Waals surface area (Å²) < 4.78 is 4.43. The number of carbonyl (C=O) groups is 1. The Bertz CT molecular complexity index is 208. The summed E-state index contributed by atoms with van der Waals surface area (Å²) in [7, 11) is 1.36. The van der Waals surface area contributed by atoms with Gasteiger partial charge in [-0.1, -0.05) is 17.2 Å². The maximum Gasteiger partial charge on any atom is 0.330 e. The van der Waals surface area contributed by atoms with Crippen molar-refractivity contribution in [2.75, 3.05) is 7.11 Å². The van der Waals surface area contributed by atoms with Gasteiger partial charge < -0.3 is 4.74 Å². The van der Waals surface area contributed by atoms with Crippen LogP contribution in [0, 0.1) is 6.92 Å². The van der Waals surface area contributed by atoms with E-state index in [2.05, 4.69) is 11.7 Å². The van der Waals surface area contributed by atoms with E-state index in [9.17, 15) is 4.79 Å². The second-order valence-electron chi connectivity index (χ2n) is 2.73. The van der Waals surface area contributed by atoms with Gasteiger partial charge in [-0.15, -0.1) is 0 Å². The van der Waals surface area contributed by atoms with E-state index in [1.807, 2.05) is 13.8 Å². The molecular formula is C10H15O2. The SMILES string of the molecule is [CH2]C(C/C=C/C(=O)OC)=C(C)C. The minimum atomic E-state index is -0.323. The van der Waals surface area contributed by atoms with Crippen LogP contribution in [0.15, 0.2) is 23.3 Å². The van der Waals surface area contributed by atoms with E-state index in [0.717, 1.165) is 5.57 Å². The van der Waals surface area contributed by atoms with Crippen LogP contribution in [0.4, 0.5) is 0 Å². The van der Waals surface area contributed by atoms with Gasteiger partial charge in [0.25, 0.3) is 0 Å². The van der Waals surface area contributed by atoms with E-state index in [1.165, 1.54) is 18.8 Å². The number of ether oxygens (including phenoxy) is 1. The average molecular weight is 167 g/mol. The van der Waals surface area contributed by atoms with E-state index >= 15 is 0 Å². The lowest BCUT2D eigenvalue weighted by molar-refractivity contribution is -0.134. The highest BCUT2D eigenvalue weighted by atomic mass is 16.5. The quantitative estimate of drug-likeness (QED) is 0.476. The summed E-state index contributed by atoms with van der Waals surface area (Å²) >= 11 is 0. The van der Waals surface area contributed by atoms with Gasteiger partial charge in [0, 0.05) is 6.08 Å². The van der Waals surface area contributed by atoms with Crippen LogP contribution in [0.3, 0.4) is 0 Å². The molecule has 0 heterocycles. The van der Waals surface area contributed by atoms with Gasteiger partial charge in [0.15, 0.2) is 0 Å². The van der Waals surface area contributed by atoms with Crippen LogP contribution in [0.5, 0.6) is 0 Å². The molecule has 0 N–H and O–H groups in total. The van der Waals surface area contributed by atoms with E-state index in [4.69, 9.17) is 0 Å². The Kier molecular flexibility index (Phi) is 5.09. The molecular weight excluding hydrogens is 152 g/mol. The molecule has 0 atom stereocenters. The highest BCUT2D eigenvalue weighted by molar-refractivity contribution is 5.81. The number of hydrogen-bond acceptors (Lipinski definition) is 2. The molecule has 2 heteroatoms. The third-order valence-corrected chi connectivity index (χ3v) is 1.53. The van der Waals surface area contributed by atoms with Gasteiger partial charge in [-0.05, 0) is 27.2 Å². The van der Waals surface area contributed by atoms with E-state index in [0.29, 0.717) is 6.42 Å². The lowest BCUT2D eigenvalue weighted by atomic mass is 10.1. The summed E-state index contributed by atoms with van der Waals surface area (Å²) in [5.41, 5.74) is 2.22. The van der Waals surface area contributed by atoms with Crippen molar-refractivity contribution < 1.29 is 9.53 Å². The molecule has 0 saturated heterocycles. The van der Waals surface area contributed by atoms with Gasteiger partial charge in [0.05, 0.1) is 7.11 Å². The molecule has 0 aromatic heterocycles. The number of methoxy groups -OCH3 is 1. The van der Waals surface area contributed by atoms with Gasteiger partial charge in [0.2, 0.25) is 0 Å². The summed E-state index contributed by atoms with van der Waals surface area (Å²) in [6.45, 7) is 7.83. The molecule has 0 fully saturated rings. The first-order valence-electron chi connectivity index (χ1n) is 3.80. The summed E-state index contributed by atoms with van der Waals surface area (Å²) in [5, 5.41) is 0. The maximum atomic E-state index is 10.6. The first-order chi connectivity index (χ1) is 5.57. The van der Waals surface area contributed by atoms with Crippen LogP contribution < -0.4 is 0 Å². The molecule has 2 nitrogen and oxygen atoms in total. The fourth-order valence-corrected chi connectivity index (χ4v) is 0.570. The largest absolute Gasteiger partial charge is 0.466 e. The lowest BCUT2D eigenvalue weighted by Crippen LogP contribution is -1.93. The molecule has 67 valence electrons.